The van der Waals surface area contributed by atoms with E-state index >= 15 is 0 Å². The fourth-order valence-corrected chi connectivity index (χ4v) is 3.80. The van der Waals surface area contributed by atoms with Gasteiger partial charge in [-0.25, -0.2) is 9.98 Å². The average Bonchev–Trinajstić information content (AvgIpc) is 3.19. The summed E-state index contributed by atoms with van der Waals surface area (Å²) in [5.41, 5.74) is 1.26. The molecule has 0 amide bonds. The van der Waals surface area contributed by atoms with Crippen LogP contribution in [0.2, 0.25) is 0 Å². The van der Waals surface area contributed by atoms with Crippen molar-refractivity contribution in [2.75, 3.05) is 44.7 Å². The van der Waals surface area contributed by atoms with E-state index in [9.17, 15) is 0 Å². The van der Waals surface area contributed by atoms with Crippen LogP contribution >= 0.6 is 0 Å². The Hall–Kier alpha value is -3.62. The third-order valence-corrected chi connectivity index (χ3v) is 5.96. The molecule has 1 aromatic carbocycles. The minimum atomic E-state index is 0.489. The molecule has 9 nitrogen and oxygen atoms in total. The quantitative estimate of drug-likeness (QED) is 0.437. The summed E-state index contributed by atoms with van der Waals surface area (Å²) in [6.45, 7) is 6.79. The molecule has 0 saturated carbocycles. The number of hydrogen-bond acceptors (Lipinski definition) is 6. The van der Waals surface area contributed by atoms with Gasteiger partial charge in [-0.3, -0.25) is 0 Å². The van der Waals surface area contributed by atoms with Crippen molar-refractivity contribution in [3.8, 4) is 5.75 Å². The van der Waals surface area contributed by atoms with Gasteiger partial charge in [0.25, 0.3) is 0 Å². The molecule has 1 aliphatic rings. The van der Waals surface area contributed by atoms with Crippen LogP contribution in [0, 0.1) is 6.92 Å². The van der Waals surface area contributed by atoms with Gasteiger partial charge in [0.1, 0.15) is 23.9 Å². The highest BCUT2D eigenvalue weighted by molar-refractivity contribution is 5.80. The smallest absolute Gasteiger partial charge is 0.194 e. The zero-order valence-corrected chi connectivity index (χ0v) is 19.6. The van der Waals surface area contributed by atoms with E-state index in [-0.39, 0.29) is 0 Å². The fourth-order valence-electron chi connectivity index (χ4n) is 3.80. The summed E-state index contributed by atoms with van der Waals surface area (Å²) in [4.78, 5) is 14.0. The summed E-state index contributed by atoms with van der Waals surface area (Å²) in [6, 6.07) is 14.2. The first-order valence-corrected chi connectivity index (χ1v) is 11.3. The topological polar surface area (TPSA) is 83.7 Å². The molecule has 0 bridgehead atoms. The second-order valence-electron chi connectivity index (χ2n) is 8.05. The maximum absolute atomic E-state index is 5.25. The second kappa shape index (κ2) is 10.8. The van der Waals surface area contributed by atoms with Crippen LogP contribution in [0.15, 0.2) is 53.7 Å². The van der Waals surface area contributed by atoms with Gasteiger partial charge in [0.15, 0.2) is 11.8 Å². The van der Waals surface area contributed by atoms with Crippen molar-refractivity contribution in [3.05, 3.63) is 65.9 Å². The van der Waals surface area contributed by atoms with Gasteiger partial charge in [0.2, 0.25) is 0 Å². The third-order valence-electron chi connectivity index (χ3n) is 5.96. The number of guanidine groups is 1. The fraction of sp³-hybridized carbons (Fsp3) is 0.417. The number of nitrogens with one attached hydrogen (secondary N) is 1. The first-order chi connectivity index (χ1) is 16.1. The number of aliphatic imine (C=N–C) groups is 1. The van der Waals surface area contributed by atoms with Crippen LogP contribution in [0.3, 0.4) is 0 Å². The lowest BCUT2D eigenvalue weighted by molar-refractivity contribution is 0.370. The lowest BCUT2D eigenvalue weighted by atomic mass is 10.1. The van der Waals surface area contributed by atoms with Crippen molar-refractivity contribution < 1.29 is 4.74 Å². The van der Waals surface area contributed by atoms with Gasteiger partial charge in [0.05, 0.1) is 7.11 Å². The van der Waals surface area contributed by atoms with E-state index in [4.69, 9.17) is 9.73 Å². The Bertz CT molecular complexity index is 1040. The zero-order valence-electron chi connectivity index (χ0n) is 19.6. The van der Waals surface area contributed by atoms with Crippen LogP contribution in [-0.2, 0) is 20.0 Å². The average molecular weight is 449 g/mol. The highest BCUT2D eigenvalue weighted by Crippen LogP contribution is 2.14. The molecule has 1 saturated heterocycles. The minimum Gasteiger partial charge on any atom is -0.497 e. The van der Waals surface area contributed by atoms with Crippen molar-refractivity contribution in [1.82, 2.24) is 30.0 Å². The third kappa shape index (κ3) is 5.79. The van der Waals surface area contributed by atoms with E-state index in [0.717, 1.165) is 68.3 Å². The molecule has 4 rings (SSSR count). The number of nitrogens with zero attached hydrogens (tertiary/aromatic N) is 7. The van der Waals surface area contributed by atoms with Crippen molar-refractivity contribution in [3.63, 3.8) is 0 Å². The van der Waals surface area contributed by atoms with Crippen LogP contribution in [0.5, 0.6) is 5.75 Å². The summed E-state index contributed by atoms with van der Waals surface area (Å²) in [7, 11) is 3.66. The highest BCUT2D eigenvalue weighted by Gasteiger charge is 2.21. The van der Waals surface area contributed by atoms with Gasteiger partial charge in [0, 0.05) is 46.0 Å². The monoisotopic (exact) mass is 448 g/mol. The molecule has 0 atom stereocenters. The number of aryl methyl sites for hydroxylation is 1. The van der Waals surface area contributed by atoms with Crippen molar-refractivity contribution in [1.29, 1.82) is 0 Å². The molecule has 0 aliphatic carbocycles. The van der Waals surface area contributed by atoms with Gasteiger partial charge in [-0.1, -0.05) is 18.2 Å². The number of hydrogen-bond donors (Lipinski definition) is 1. The minimum absolute atomic E-state index is 0.489. The van der Waals surface area contributed by atoms with Crippen molar-refractivity contribution >= 4 is 11.8 Å². The number of benzene rings is 1. The Morgan fingerprint density at radius 3 is 2.48 bits per heavy atom. The van der Waals surface area contributed by atoms with Crippen LogP contribution < -0.4 is 15.0 Å². The highest BCUT2D eigenvalue weighted by atomic mass is 16.5. The standard InChI is InChI=1S/C24H32N8O/c1-19-28-29-23(30(19)2)18-27-24(26-13-11-20-7-9-21(33-3)10-8-20)32-16-14-31(15-17-32)22-6-4-5-12-25-22/h4-10,12H,11,13-18H2,1-3H3,(H,26,27). The summed E-state index contributed by atoms with van der Waals surface area (Å²) >= 11 is 0. The van der Waals surface area contributed by atoms with Crippen LogP contribution in [-0.4, -0.2) is 70.4 Å². The molecular formula is C24H32N8O. The van der Waals surface area contributed by atoms with E-state index in [1.165, 1.54) is 5.56 Å². The Balaban J connectivity index is 1.40. The molecule has 0 spiro atoms. The predicted octanol–water partition coefficient (Wildman–Crippen LogP) is 2.04. The largest absolute Gasteiger partial charge is 0.497 e. The van der Waals surface area contributed by atoms with E-state index < -0.39 is 0 Å². The number of anilines is 1. The molecule has 0 unspecified atom stereocenters. The number of methoxy groups -OCH3 is 1. The molecule has 3 aromatic rings. The first kappa shape index (κ1) is 22.6. The summed E-state index contributed by atoms with van der Waals surface area (Å²) in [5.74, 6) is 4.55. The maximum Gasteiger partial charge on any atom is 0.194 e. The van der Waals surface area contributed by atoms with E-state index in [1.54, 1.807) is 7.11 Å². The number of pyridine rings is 1. The summed E-state index contributed by atoms with van der Waals surface area (Å²) in [5, 5.41) is 12.0. The SMILES string of the molecule is COc1ccc(CCNC(=NCc2nnc(C)n2C)N2CCN(c3ccccn3)CC2)cc1. The molecule has 9 heteroatoms. The van der Waals surface area contributed by atoms with Crippen molar-refractivity contribution in [2.24, 2.45) is 12.0 Å². The number of aromatic nitrogens is 4. The molecule has 33 heavy (non-hydrogen) atoms. The van der Waals surface area contributed by atoms with E-state index in [0.29, 0.717) is 6.54 Å². The number of ether oxygens (including phenoxy) is 1. The first-order valence-electron chi connectivity index (χ1n) is 11.3. The molecule has 1 fully saturated rings. The lowest BCUT2D eigenvalue weighted by Crippen LogP contribution is -2.53. The molecule has 0 radical (unpaired) electrons. The lowest BCUT2D eigenvalue weighted by Gasteiger charge is -2.37. The van der Waals surface area contributed by atoms with Gasteiger partial charge >= 0.3 is 0 Å². The predicted molar refractivity (Wildman–Crippen MR) is 130 cm³/mol. The molecule has 3 heterocycles. The molecular weight excluding hydrogens is 416 g/mol. The maximum atomic E-state index is 5.25. The number of rotatable bonds is 7. The number of piperazine rings is 1. The Morgan fingerprint density at radius 1 is 1.06 bits per heavy atom. The molecule has 174 valence electrons. The van der Waals surface area contributed by atoms with E-state index in [1.807, 2.05) is 49.0 Å². The van der Waals surface area contributed by atoms with Gasteiger partial charge < -0.3 is 24.4 Å². The zero-order chi connectivity index (χ0) is 23.0. The van der Waals surface area contributed by atoms with Crippen LogP contribution in [0.1, 0.15) is 17.2 Å². The molecule has 1 aliphatic heterocycles. The van der Waals surface area contributed by atoms with Gasteiger partial charge in [-0.05, 0) is 43.2 Å². The summed E-state index contributed by atoms with van der Waals surface area (Å²) < 4.78 is 7.24. The summed E-state index contributed by atoms with van der Waals surface area (Å²) in [6.07, 6.45) is 2.75. The van der Waals surface area contributed by atoms with Crippen molar-refractivity contribution in [2.45, 2.75) is 19.9 Å². The van der Waals surface area contributed by atoms with Gasteiger partial charge in [-0.15, -0.1) is 10.2 Å². The Labute approximate surface area is 195 Å². The van der Waals surface area contributed by atoms with E-state index in [2.05, 4.69) is 48.5 Å². The molecule has 2 aromatic heterocycles. The Morgan fingerprint density at radius 2 is 1.85 bits per heavy atom. The normalized spacial score (nSPS) is 14.5. The Kier molecular flexibility index (Phi) is 7.39. The van der Waals surface area contributed by atoms with Gasteiger partial charge in [-0.2, -0.15) is 0 Å². The molecule has 1 N–H and O–H groups in total. The van der Waals surface area contributed by atoms with Crippen LogP contribution in [0.4, 0.5) is 5.82 Å². The van der Waals surface area contributed by atoms with Crippen LogP contribution in [0.25, 0.3) is 0 Å². The second-order valence-corrected chi connectivity index (χ2v) is 8.05.